The van der Waals surface area contributed by atoms with Crippen molar-refractivity contribution in [3.63, 3.8) is 0 Å². The molecule has 0 atom stereocenters. The van der Waals surface area contributed by atoms with Crippen molar-refractivity contribution >= 4 is 65.4 Å². The van der Waals surface area contributed by atoms with E-state index in [4.69, 9.17) is 9.97 Å². The van der Waals surface area contributed by atoms with Crippen LogP contribution in [0.15, 0.2) is 182 Å². The molecule has 0 radical (unpaired) electrons. The number of rotatable bonds is 4. The lowest BCUT2D eigenvalue weighted by Gasteiger charge is -2.14. The van der Waals surface area contributed by atoms with E-state index in [9.17, 15) is 0 Å². The van der Waals surface area contributed by atoms with Crippen molar-refractivity contribution < 1.29 is 0 Å². The van der Waals surface area contributed by atoms with E-state index >= 15 is 0 Å². The fraction of sp³-hybridized carbons (Fsp3) is 0. The van der Waals surface area contributed by atoms with Gasteiger partial charge in [-0.2, -0.15) is 0 Å². The summed E-state index contributed by atoms with van der Waals surface area (Å²) in [5.74, 6) is 0.816. The minimum absolute atomic E-state index is 0.816. The minimum atomic E-state index is 0.816. The Morgan fingerprint density at radius 1 is 0.365 bits per heavy atom. The van der Waals surface area contributed by atoms with Crippen LogP contribution in [0.2, 0.25) is 0 Å². The summed E-state index contributed by atoms with van der Waals surface area (Å²) in [5, 5.41) is 7.24. The molecule has 0 saturated heterocycles. The quantitative estimate of drug-likeness (QED) is 0.188. The molecular weight excluding hydrogens is 633 g/mol. The summed E-state index contributed by atoms with van der Waals surface area (Å²) in [6, 6.07) is 64.9. The fourth-order valence-electron chi connectivity index (χ4n) is 8.15. The highest BCUT2D eigenvalue weighted by Gasteiger charge is 2.22. The van der Waals surface area contributed by atoms with Gasteiger partial charge in [0.15, 0.2) is 5.82 Å². The zero-order valence-electron chi connectivity index (χ0n) is 28.1. The van der Waals surface area contributed by atoms with E-state index in [0.29, 0.717) is 0 Å². The topological polar surface area (TPSA) is 35.6 Å². The van der Waals surface area contributed by atoms with Gasteiger partial charge in [-0.15, -0.1) is 0 Å². The summed E-state index contributed by atoms with van der Waals surface area (Å²) in [5.41, 5.74) is 11.7. The molecule has 11 rings (SSSR count). The van der Waals surface area contributed by atoms with Gasteiger partial charge in [-0.3, -0.25) is 4.57 Å². The van der Waals surface area contributed by atoms with Crippen molar-refractivity contribution in [2.75, 3.05) is 0 Å². The lowest BCUT2D eigenvalue weighted by Crippen LogP contribution is -2.03. The van der Waals surface area contributed by atoms with Crippen molar-refractivity contribution in [1.29, 1.82) is 0 Å². The molecule has 0 unspecified atom stereocenters. The monoisotopic (exact) mass is 662 g/mol. The second-order valence-corrected chi connectivity index (χ2v) is 13.4. The first-order valence-electron chi connectivity index (χ1n) is 17.7. The molecule has 0 bridgehead atoms. The van der Waals surface area contributed by atoms with Crippen LogP contribution in [0.4, 0.5) is 0 Å². The maximum absolute atomic E-state index is 5.40. The first-order chi connectivity index (χ1) is 25.8. The van der Waals surface area contributed by atoms with Gasteiger partial charge in [0, 0.05) is 32.8 Å². The van der Waals surface area contributed by atoms with E-state index < -0.39 is 0 Å². The number of fused-ring (bicyclic) bond motifs is 8. The van der Waals surface area contributed by atoms with Gasteiger partial charge in [0.05, 0.1) is 33.1 Å². The van der Waals surface area contributed by atoms with Crippen molar-refractivity contribution in [2.24, 2.45) is 0 Å². The lowest BCUT2D eigenvalue weighted by molar-refractivity contribution is 1.08. The molecule has 0 aliphatic rings. The van der Waals surface area contributed by atoms with Crippen LogP contribution in [0, 0.1) is 0 Å². The van der Waals surface area contributed by atoms with Gasteiger partial charge >= 0.3 is 0 Å². The van der Waals surface area contributed by atoms with E-state index in [1.165, 1.54) is 48.9 Å². The number of nitrogens with zero attached hydrogens (tertiary/aromatic N) is 4. The van der Waals surface area contributed by atoms with Gasteiger partial charge in [-0.25, -0.2) is 9.97 Å². The van der Waals surface area contributed by atoms with E-state index in [0.717, 1.165) is 50.4 Å². The summed E-state index contributed by atoms with van der Waals surface area (Å²) in [7, 11) is 0. The molecule has 8 aromatic carbocycles. The van der Waals surface area contributed by atoms with Crippen molar-refractivity contribution in [3.8, 4) is 33.9 Å². The van der Waals surface area contributed by atoms with Crippen LogP contribution in [0.25, 0.3) is 99.3 Å². The SMILES string of the molecule is c1ccc(-c2nc3ccccc3nc2-n2c3cc(-c4cccc5c4c4ccccc4n5-c4ccccc4)ccc3c3cc4ccccc4cc32)cc1. The molecule has 3 heterocycles. The predicted octanol–water partition coefficient (Wildman–Crippen LogP) is 12.3. The maximum atomic E-state index is 5.40. The molecule has 0 spiro atoms. The van der Waals surface area contributed by atoms with Crippen molar-refractivity contribution in [1.82, 2.24) is 19.1 Å². The Morgan fingerprint density at radius 3 is 1.85 bits per heavy atom. The molecular formula is C48H30N4. The molecule has 0 aliphatic heterocycles. The van der Waals surface area contributed by atoms with Gasteiger partial charge in [-0.1, -0.05) is 127 Å². The third-order valence-corrected chi connectivity index (χ3v) is 10.5. The Hall–Kier alpha value is -7.04. The van der Waals surface area contributed by atoms with Crippen LogP contribution in [0.5, 0.6) is 0 Å². The third-order valence-electron chi connectivity index (χ3n) is 10.5. The molecule has 0 fully saturated rings. The molecule has 52 heavy (non-hydrogen) atoms. The zero-order chi connectivity index (χ0) is 34.2. The van der Waals surface area contributed by atoms with Crippen molar-refractivity contribution in [2.45, 2.75) is 0 Å². The number of hydrogen-bond acceptors (Lipinski definition) is 2. The zero-order valence-corrected chi connectivity index (χ0v) is 28.1. The van der Waals surface area contributed by atoms with Crippen LogP contribution < -0.4 is 0 Å². The smallest absolute Gasteiger partial charge is 0.165 e. The summed E-state index contributed by atoms with van der Waals surface area (Å²) in [4.78, 5) is 10.7. The van der Waals surface area contributed by atoms with Crippen molar-refractivity contribution in [3.05, 3.63) is 182 Å². The van der Waals surface area contributed by atoms with Crippen LogP contribution >= 0.6 is 0 Å². The largest absolute Gasteiger partial charge is 0.309 e. The number of hydrogen-bond donors (Lipinski definition) is 0. The van der Waals surface area contributed by atoms with Crippen LogP contribution in [0.1, 0.15) is 0 Å². The van der Waals surface area contributed by atoms with Gasteiger partial charge in [0.1, 0.15) is 5.69 Å². The van der Waals surface area contributed by atoms with Gasteiger partial charge in [0.2, 0.25) is 0 Å². The van der Waals surface area contributed by atoms with Crippen LogP contribution in [-0.2, 0) is 0 Å². The van der Waals surface area contributed by atoms with E-state index in [1.54, 1.807) is 0 Å². The van der Waals surface area contributed by atoms with Gasteiger partial charge < -0.3 is 4.57 Å². The summed E-state index contributed by atoms with van der Waals surface area (Å²) < 4.78 is 4.72. The van der Waals surface area contributed by atoms with Crippen LogP contribution in [0.3, 0.4) is 0 Å². The Balaban J connectivity index is 1.26. The van der Waals surface area contributed by atoms with E-state index in [1.807, 2.05) is 24.3 Å². The number of para-hydroxylation sites is 4. The molecule has 4 nitrogen and oxygen atoms in total. The highest BCUT2D eigenvalue weighted by Crippen LogP contribution is 2.42. The fourth-order valence-corrected chi connectivity index (χ4v) is 8.15. The Bertz CT molecular complexity index is 3170. The number of benzene rings is 8. The number of aromatic nitrogens is 4. The minimum Gasteiger partial charge on any atom is -0.309 e. The molecule has 0 N–H and O–H groups in total. The van der Waals surface area contributed by atoms with E-state index in [-0.39, 0.29) is 0 Å². The summed E-state index contributed by atoms with van der Waals surface area (Å²) >= 11 is 0. The molecule has 4 heteroatoms. The second-order valence-electron chi connectivity index (χ2n) is 13.4. The summed E-state index contributed by atoms with van der Waals surface area (Å²) in [6.07, 6.45) is 0. The van der Waals surface area contributed by atoms with Crippen LogP contribution in [-0.4, -0.2) is 19.1 Å². The molecule has 0 saturated carbocycles. The Labute approximate surface area is 299 Å². The molecule has 242 valence electrons. The molecule has 0 amide bonds. The molecule has 11 aromatic rings. The highest BCUT2D eigenvalue weighted by atomic mass is 15.1. The Kier molecular flexibility index (Phi) is 6.22. The maximum Gasteiger partial charge on any atom is 0.165 e. The average Bonchev–Trinajstić information content (AvgIpc) is 3.72. The lowest BCUT2D eigenvalue weighted by atomic mass is 9.98. The summed E-state index contributed by atoms with van der Waals surface area (Å²) in [6.45, 7) is 0. The third kappa shape index (κ3) is 4.28. The first-order valence-corrected chi connectivity index (χ1v) is 17.7. The molecule has 3 aromatic heterocycles. The Morgan fingerprint density at radius 2 is 1.02 bits per heavy atom. The predicted molar refractivity (Wildman–Crippen MR) is 217 cm³/mol. The molecule has 0 aliphatic carbocycles. The standard InChI is InChI=1S/C48H30N4/c1-3-14-31(15-4-1)47-48(50-41-23-11-10-22-40(41)49-47)52-44-30-34(26-27-37(44)39-28-32-16-7-8-17-33(32)29-45(39)52)36-21-13-25-43-46(36)38-20-9-12-24-42(38)51(43)35-18-5-2-6-19-35/h1-30H. The average molecular weight is 663 g/mol. The van der Waals surface area contributed by atoms with E-state index in [2.05, 4.69) is 167 Å². The second kappa shape index (κ2) is 11.2. The highest BCUT2D eigenvalue weighted by molar-refractivity contribution is 6.18. The van der Waals surface area contributed by atoms with Gasteiger partial charge in [-0.05, 0) is 76.5 Å². The van der Waals surface area contributed by atoms with Gasteiger partial charge in [0.25, 0.3) is 0 Å². The first kappa shape index (κ1) is 28.8. The normalized spacial score (nSPS) is 11.8.